The smallest absolute Gasteiger partial charge is 0.160 e. The molecule has 0 amide bonds. The third-order valence-corrected chi connectivity index (χ3v) is 6.08. The molecule has 0 bridgehead atoms. The number of ether oxygens (including phenoxy) is 2. The van der Waals surface area contributed by atoms with Gasteiger partial charge in [-0.05, 0) is 18.6 Å². The minimum atomic E-state index is -1.15. The van der Waals surface area contributed by atoms with Crippen LogP contribution in [-0.4, -0.2) is 58.0 Å². The molecule has 0 saturated carbocycles. The van der Waals surface area contributed by atoms with Crippen LogP contribution in [0.1, 0.15) is 103 Å². The Morgan fingerprint density at radius 3 is 1.79 bits per heavy atom. The number of aliphatic hydroxyl groups excluding tert-OH is 3. The molecule has 0 aromatic rings. The predicted octanol–water partition coefficient (Wildman–Crippen LogP) is 4.68. The van der Waals surface area contributed by atoms with Gasteiger partial charge in [0, 0.05) is 6.42 Å². The van der Waals surface area contributed by atoms with E-state index in [-0.39, 0.29) is 13.2 Å². The predicted molar refractivity (Wildman–Crippen MR) is 121 cm³/mol. The lowest BCUT2D eigenvalue weighted by Crippen LogP contribution is -2.55. The van der Waals surface area contributed by atoms with Crippen LogP contribution in [0, 0.1) is 0 Å². The summed E-state index contributed by atoms with van der Waals surface area (Å²) in [6.45, 7) is 2.07. The second-order valence-corrected chi connectivity index (χ2v) is 8.87. The molecule has 1 rings (SSSR count). The zero-order chi connectivity index (χ0) is 21.3. The van der Waals surface area contributed by atoms with E-state index in [1.807, 2.05) is 0 Å². The van der Waals surface area contributed by atoms with E-state index in [0.717, 1.165) is 12.8 Å². The largest absolute Gasteiger partial charge is 0.479 e. The van der Waals surface area contributed by atoms with Crippen molar-refractivity contribution < 1.29 is 24.8 Å². The summed E-state index contributed by atoms with van der Waals surface area (Å²) >= 11 is 5.26. The number of hydrogen-bond donors (Lipinski definition) is 3. The molecule has 29 heavy (non-hydrogen) atoms. The van der Waals surface area contributed by atoms with Crippen LogP contribution < -0.4 is 0 Å². The minimum absolute atomic E-state index is 0.127. The van der Waals surface area contributed by atoms with Crippen LogP contribution in [0.4, 0.5) is 0 Å². The fourth-order valence-electron chi connectivity index (χ4n) is 3.81. The summed E-state index contributed by atoms with van der Waals surface area (Å²) in [5.41, 5.74) is 0. The Bertz CT molecular complexity index is 407. The molecule has 1 saturated heterocycles. The van der Waals surface area contributed by atoms with E-state index in [1.165, 1.54) is 77.0 Å². The molecule has 4 atom stereocenters. The minimum Gasteiger partial charge on any atom is -0.479 e. The summed E-state index contributed by atoms with van der Waals surface area (Å²) in [6.07, 6.45) is 15.5. The van der Waals surface area contributed by atoms with E-state index in [9.17, 15) is 10.2 Å². The van der Waals surface area contributed by atoms with Crippen molar-refractivity contribution in [1.82, 2.24) is 0 Å². The number of hydrogen-bond acceptors (Lipinski definition) is 6. The van der Waals surface area contributed by atoms with Crippen molar-refractivity contribution in [1.29, 1.82) is 0 Å². The van der Waals surface area contributed by atoms with Gasteiger partial charge < -0.3 is 24.8 Å². The third-order valence-electron chi connectivity index (χ3n) is 5.78. The molecule has 0 radical (unpaired) electrons. The second-order valence-electron chi connectivity index (χ2n) is 8.41. The molecule has 3 N–H and O–H groups in total. The van der Waals surface area contributed by atoms with Crippen molar-refractivity contribution in [3.63, 3.8) is 0 Å². The van der Waals surface area contributed by atoms with E-state index >= 15 is 0 Å². The summed E-state index contributed by atoms with van der Waals surface area (Å²) in [5.74, 6) is 0. The fraction of sp³-hybridized carbons (Fsp3) is 0.957. The molecule has 0 unspecified atom stereocenters. The summed E-state index contributed by atoms with van der Waals surface area (Å²) in [7, 11) is 0. The normalized spacial score (nSPS) is 24.6. The van der Waals surface area contributed by atoms with Crippen molar-refractivity contribution >= 4 is 17.3 Å². The molecule has 172 valence electrons. The zero-order valence-corrected chi connectivity index (χ0v) is 19.2. The van der Waals surface area contributed by atoms with Gasteiger partial charge in [-0.15, -0.1) is 0 Å². The van der Waals surface area contributed by atoms with Crippen molar-refractivity contribution in [3.05, 3.63) is 0 Å². The first kappa shape index (κ1) is 26.8. The topological polar surface area (TPSA) is 79.2 Å². The van der Waals surface area contributed by atoms with Gasteiger partial charge in [0.1, 0.15) is 18.3 Å². The van der Waals surface area contributed by atoms with Gasteiger partial charge in [-0.3, -0.25) is 0 Å². The lowest BCUT2D eigenvalue weighted by molar-refractivity contribution is -0.191. The van der Waals surface area contributed by atoms with Gasteiger partial charge in [-0.2, -0.15) is 0 Å². The van der Waals surface area contributed by atoms with Gasteiger partial charge in [-0.1, -0.05) is 90.4 Å². The molecule has 1 fully saturated rings. The highest BCUT2D eigenvalue weighted by Crippen LogP contribution is 2.19. The Morgan fingerprint density at radius 1 is 0.828 bits per heavy atom. The Balaban J connectivity index is 1.90. The third kappa shape index (κ3) is 12.2. The van der Waals surface area contributed by atoms with Crippen LogP contribution in [0.25, 0.3) is 0 Å². The van der Waals surface area contributed by atoms with Crippen molar-refractivity contribution in [2.24, 2.45) is 0 Å². The molecule has 0 aromatic carbocycles. The molecular weight excluding hydrogens is 388 g/mol. The van der Waals surface area contributed by atoms with Gasteiger partial charge in [0.2, 0.25) is 0 Å². The number of unbranched alkanes of at least 4 members (excludes halogenated alkanes) is 13. The molecule has 1 heterocycles. The average Bonchev–Trinajstić information content (AvgIpc) is 2.72. The maximum absolute atomic E-state index is 10.1. The molecule has 0 aromatic heterocycles. The van der Waals surface area contributed by atoms with Gasteiger partial charge >= 0.3 is 0 Å². The van der Waals surface area contributed by atoms with Gasteiger partial charge in [0.15, 0.2) is 11.2 Å². The summed E-state index contributed by atoms with van der Waals surface area (Å²) < 4.78 is 10.9. The molecular formula is C23H44O5S. The SMILES string of the molecule is CCCCCCCCCCCCCCCCC(=S)O[C@@H]1CO[C@@H](CO)[C@H](O)[C@H]1O. The highest BCUT2D eigenvalue weighted by atomic mass is 32.1. The first-order valence-corrected chi connectivity index (χ1v) is 12.3. The maximum atomic E-state index is 10.1. The molecule has 1 aliphatic rings. The quantitative estimate of drug-likeness (QED) is 0.229. The molecule has 5 nitrogen and oxygen atoms in total. The van der Waals surface area contributed by atoms with E-state index < -0.39 is 24.4 Å². The number of thiocarbonyl (C=S) groups is 1. The number of aliphatic hydroxyl groups is 3. The van der Waals surface area contributed by atoms with E-state index in [4.69, 9.17) is 26.8 Å². The summed E-state index contributed by atoms with van der Waals surface area (Å²) in [4.78, 5) is 0. The van der Waals surface area contributed by atoms with Crippen molar-refractivity contribution in [2.75, 3.05) is 13.2 Å². The number of rotatable bonds is 17. The molecule has 0 spiro atoms. The molecule has 6 heteroatoms. The lowest BCUT2D eigenvalue weighted by atomic mass is 10.0. The molecule has 1 aliphatic heterocycles. The first-order valence-electron chi connectivity index (χ1n) is 11.9. The van der Waals surface area contributed by atoms with E-state index in [2.05, 4.69) is 6.92 Å². The maximum Gasteiger partial charge on any atom is 0.160 e. The van der Waals surface area contributed by atoms with E-state index in [0.29, 0.717) is 11.5 Å². The molecule has 0 aliphatic carbocycles. The summed E-state index contributed by atoms with van der Waals surface area (Å²) in [5, 5.41) is 29.5. The van der Waals surface area contributed by atoms with Crippen molar-refractivity contribution in [3.8, 4) is 0 Å². The van der Waals surface area contributed by atoms with Crippen LogP contribution >= 0.6 is 12.2 Å². The highest BCUT2D eigenvalue weighted by molar-refractivity contribution is 7.80. The lowest BCUT2D eigenvalue weighted by Gasteiger charge is -2.36. The van der Waals surface area contributed by atoms with E-state index in [1.54, 1.807) is 0 Å². The standard InChI is InChI=1S/C23H44O5S/c1-2-3-4-5-6-7-8-9-10-11-12-13-14-15-16-21(29)28-20-18-27-19(17-24)22(25)23(20)26/h19-20,22-26H,2-18H2,1H3/t19-,20+,22-,23-/m0/s1. The van der Waals surface area contributed by atoms with Crippen LogP contribution in [0.2, 0.25) is 0 Å². The van der Waals surface area contributed by atoms with Crippen LogP contribution in [0.15, 0.2) is 0 Å². The van der Waals surface area contributed by atoms with Gasteiger partial charge in [-0.25, -0.2) is 0 Å². The van der Waals surface area contributed by atoms with Crippen LogP contribution in [0.3, 0.4) is 0 Å². The van der Waals surface area contributed by atoms with Crippen LogP contribution in [-0.2, 0) is 9.47 Å². The zero-order valence-electron chi connectivity index (χ0n) is 18.4. The average molecular weight is 433 g/mol. The Hall–Kier alpha value is -0.270. The van der Waals surface area contributed by atoms with Crippen LogP contribution in [0.5, 0.6) is 0 Å². The van der Waals surface area contributed by atoms with Gasteiger partial charge in [0.05, 0.1) is 13.2 Å². The van der Waals surface area contributed by atoms with Crippen molar-refractivity contribution in [2.45, 2.75) is 128 Å². The fourth-order valence-corrected chi connectivity index (χ4v) is 4.08. The highest BCUT2D eigenvalue weighted by Gasteiger charge is 2.39. The second kappa shape index (κ2) is 17.4. The van der Waals surface area contributed by atoms with Gasteiger partial charge in [0.25, 0.3) is 0 Å². The Morgan fingerprint density at radius 2 is 1.31 bits per heavy atom. The monoisotopic (exact) mass is 432 g/mol. The Labute approximate surface area is 183 Å². The summed E-state index contributed by atoms with van der Waals surface area (Å²) in [6, 6.07) is 0. The Kier molecular flexibility index (Phi) is 16.1. The first-order chi connectivity index (χ1) is 14.1.